The van der Waals surface area contributed by atoms with Gasteiger partial charge in [-0.3, -0.25) is 4.79 Å². The smallest absolute Gasteiger partial charge is 0.225 e. The van der Waals surface area contributed by atoms with Gasteiger partial charge in [-0.2, -0.15) is 0 Å². The number of hydrogen-bond acceptors (Lipinski definition) is 1. The van der Waals surface area contributed by atoms with E-state index in [0.29, 0.717) is 11.8 Å². The lowest BCUT2D eigenvalue weighted by atomic mass is 10.2. The molecule has 52 valence electrons. The largest absolute Gasteiger partial charge is 0.281 e. The lowest BCUT2D eigenvalue weighted by Crippen LogP contribution is -1.90. The predicted molar refractivity (Wildman–Crippen MR) is 39.6 cm³/mol. The molecular weight excluding hydrogens is 148 g/mol. The zero-order chi connectivity index (χ0) is 7.14. The van der Waals surface area contributed by atoms with Crippen molar-refractivity contribution in [3.05, 3.63) is 24.3 Å². The van der Waals surface area contributed by atoms with Gasteiger partial charge < -0.3 is 0 Å². The zero-order valence-electron chi connectivity index (χ0n) is 5.33. The summed E-state index contributed by atoms with van der Waals surface area (Å²) in [7, 11) is 0. The highest BCUT2D eigenvalue weighted by atomic mass is 35.5. The lowest BCUT2D eigenvalue weighted by Gasteiger charge is -1.86. The highest BCUT2D eigenvalue weighted by Gasteiger charge is 2.51. The van der Waals surface area contributed by atoms with E-state index in [9.17, 15) is 4.79 Å². The Morgan fingerprint density at radius 1 is 1.20 bits per heavy atom. The Morgan fingerprint density at radius 2 is 1.70 bits per heavy atom. The van der Waals surface area contributed by atoms with Crippen molar-refractivity contribution < 1.29 is 4.79 Å². The number of fused-ring (bicyclic) bond motifs is 1. The van der Waals surface area contributed by atoms with Crippen LogP contribution in [0.5, 0.6) is 0 Å². The van der Waals surface area contributed by atoms with Crippen LogP contribution in [0.15, 0.2) is 24.3 Å². The summed E-state index contributed by atoms with van der Waals surface area (Å²) in [5, 5.41) is -0.189. The molecule has 0 heterocycles. The average molecular weight is 155 g/mol. The van der Waals surface area contributed by atoms with Gasteiger partial charge in [0.05, 0.1) is 0 Å². The van der Waals surface area contributed by atoms with Crippen LogP contribution in [0.2, 0.25) is 0 Å². The molecule has 0 aromatic carbocycles. The fourth-order valence-electron chi connectivity index (χ4n) is 1.54. The van der Waals surface area contributed by atoms with Crippen LogP contribution in [-0.4, -0.2) is 5.24 Å². The number of halogens is 1. The van der Waals surface area contributed by atoms with Gasteiger partial charge in [0.2, 0.25) is 5.24 Å². The molecule has 0 spiro atoms. The second-order valence-corrected chi connectivity index (χ2v) is 3.13. The molecule has 2 heteroatoms. The Bertz CT molecular complexity index is 211. The van der Waals surface area contributed by atoms with Gasteiger partial charge in [0.15, 0.2) is 0 Å². The van der Waals surface area contributed by atoms with Crippen LogP contribution < -0.4 is 0 Å². The van der Waals surface area contributed by atoms with Crippen LogP contribution in [0.3, 0.4) is 0 Å². The van der Waals surface area contributed by atoms with Crippen molar-refractivity contribution in [3.63, 3.8) is 0 Å². The maximum atomic E-state index is 10.7. The van der Waals surface area contributed by atoms with E-state index in [2.05, 4.69) is 12.2 Å². The second kappa shape index (κ2) is 1.96. The molecule has 0 saturated heterocycles. The van der Waals surface area contributed by atoms with Crippen molar-refractivity contribution in [3.8, 4) is 0 Å². The van der Waals surface area contributed by atoms with E-state index < -0.39 is 0 Å². The molecule has 0 aromatic rings. The van der Waals surface area contributed by atoms with E-state index >= 15 is 0 Å². The Labute approximate surface area is 64.4 Å². The monoisotopic (exact) mass is 154 g/mol. The molecule has 0 bridgehead atoms. The molecule has 0 aliphatic heterocycles. The second-order valence-electron chi connectivity index (χ2n) is 2.75. The molecular formula is C8H7ClO. The van der Waals surface area contributed by atoms with Gasteiger partial charge in [0.1, 0.15) is 0 Å². The molecule has 10 heavy (non-hydrogen) atoms. The van der Waals surface area contributed by atoms with Gasteiger partial charge in [0, 0.05) is 5.92 Å². The van der Waals surface area contributed by atoms with E-state index in [1.54, 1.807) is 0 Å². The molecule has 2 aliphatic carbocycles. The Hall–Kier alpha value is -0.560. The summed E-state index contributed by atoms with van der Waals surface area (Å²) in [6.07, 6.45) is 8.05. The molecule has 2 unspecified atom stereocenters. The minimum atomic E-state index is -0.189. The van der Waals surface area contributed by atoms with Gasteiger partial charge in [0.25, 0.3) is 0 Å². The molecule has 1 nitrogen and oxygen atoms in total. The third kappa shape index (κ3) is 0.739. The van der Waals surface area contributed by atoms with Gasteiger partial charge in [-0.25, -0.2) is 0 Å². The Balaban J connectivity index is 2.16. The number of rotatable bonds is 1. The van der Waals surface area contributed by atoms with Crippen molar-refractivity contribution in [1.29, 1.82) is 0 Å². The third-order valence-electron chi connectivity index (χ3n) is 2.17. The van der Waals surface area contributed by atoms with Crippen LogP contribution >= 0.6 is 11.6 Å². The van der Waals surface area contributed by atoms with Gasteiger partial charge in [-0.05, 0) is 23.4 Å². The summed E-state index contributed by atoms with van der Waals surface area (Å²) in [5.41, 5.74) is 0. The molecule has 2 aliphatic rings. The molecule has 1 saturated carbocycles. The first-order chi connectivity index (χ1) is 4.80. The molecule has 1 fully saturated rings. The number of allylic oxidation sites excluding steroid dienone is 4. The summed E-state index contributed by atoms with van der Waals surface area (Å²) < 4.78 is 0. The molecule has 0 radical (unpaired) electrons. The summed E-state index contributed by atoms with van der Waals surface area (Å²) in [4.78, 5) is 10.7. The Kier molecular flexibility index (Phi) is 1.21. The first-order valence-electron chi connectivity index (χ1n) is 3.35. The molecule has 2 rings (SSSR count). The van der Waals surface area contributed by atoms with Crippen LogP contribution in [0.1, 0.15) is 0 Å². The van der Waals surface area contributed by atoms with Crippen molar-refractivity contribution >= 4 is 16.8 Å². The molecule has 0 aromatic heterocycles. The minimum absolute atomic E-state index is 0.0802. The molecule has 0 N–H and O–H groups in total. The van der Waals surface area contributed by atoms with Crippen molar-refractivity contribution in [2.75, 3.05) is 0 Å². The van der Waals surface area contributed by atoms with Gasteiger partial charge >= 0.3 is 0 Å². The van der Waals surface area contributed by atoms with Crippen LogP contribution in [0.4, 0.5) is 0 Å². The summed E-state index contributed by atoms with van der Waals surface area (Å²) >= 11 is 5.34. The number of carbonyl (C=O) groups excluding carboxylic acids is 1. The highest BCUT2D eigenvalue weighted by molar-refractivity contribution is 6.64. The first kappa shape index (κ1) is 6.17. The van der Waals surface area contributed by atoms with Crippen molar-refractivity contribution in [2.24, 2.45) is 17.8 Å². The van der Waals surface area contributed by atoms with Crippen LogP contribution in [0, 0.1) is 17.8 Å². The van der Waals surface area contributed by atoms with Gasteiger partial charge in [-0.15, -0.1) is 0 Å². The van der Waals surface area contributed by atoms with Crippen molar-refractivity contribution in [2.45, 2.75) is 0 Å². The molecule has 2 atom stereocenters. The maximum Gasteiger partial charge on any atom is 0.225 e. The fraction of sp³-hybridized carbons (Fsp3) is 0.375. The number of carbonyl (C=O) groups is 1. The predicted octanol–water partition coefficient (Wildman–Crippen LogP) is 1.74. The highest BCUT2D eigenvalue weighted by Crippen LogP contribution is 2.51. The van der Waals surface area contributed by atoms with E-state index in [1.807, 2.05) is 12.2 Å². The van der Waals surface area contributed by atoms with E-state index in [4.69, 9.17) is 11.6 Å². The standard InChI is InChI=1S/C8H7ClO/c9-8(10)7-5-3-1-2-4-6(5)7/h1-7H. The van der Waals surface area contributed by atoms with E-state index in [0.717, 1.165) is 0 Å². The van der Waals surface area contributed by atoms with E-state index in [-0.39, 0.29) is 11.2 Å². The van der Waals surface area contributed by atoms with Crippen LogP contribution in [0.25, 0.3) is 0 Å². The Morgan fingerprint density at radius 3 is 2.10 bits per heavy atom. The molecule has 0 amide bonds. The first-order valence-corrected chi connectivity index (χ1v) is 3.73. The summed E-state index contributed by atoms with van der Waals surface area (Å²) in [5.74, 6) is 0.904. The summed E-state index contributed by atoms with van der Waals surface area (Å²) in [6.45, 7) is 0. The topological polar surface area (TPSA) is 17.1 Å². The number of hydrogen-bond donors (Lipinski definition) is 0. The quantitative estimate of drug-likeness (QED) is 0.526. The lowest BCUT2D eigenvalue weighted by molar-refractivity contribution is -0.113. The fourth-order valence-corrected chi connectivity index (χ4v) is 1.83. The zero-order valence-corrected chi connectivity index (χ0v) is 6.08. The minimum Gasteiger partial charge on any atom is -0.281 e. The average Bonchev–Trinajstić information content (AvgIpc) is 2.60. The SMILES string of the molecule is O=C(Cl)C1C2C=CC=CC21. The van der Waals surface area contributed by atoms with Crippen LogP contribution in [-0.2, 0) is 4.79 Å². The maximum absolute atomic E-state index is 10.7. The summed E-state index contributed by atoms with van der Waals surface area (Å²) in [6, 6.07) is 0. The van der Waals surface area contributed by atoms with Crippen molar-refractivity contribution in [1.82, 2.24) is 0 Å². The normalized spacial score (nSPS) is 41.1. The van der Waals surface area contributed by atoms with E-state index in [1.165, 1.54) is 0 Å². The third-order valence-corrected chi connectivity index (χ3v) is 2.42. The van der Waals surface area contributed by atoms with Gasteiger partial charge in [-0.1, -0.05) is 24.3 Å².